The summed E-state index contributed by atoms with van der Waals surface area (Å²) in [5, 5.41) is 3.85. The van der Waals surface area contributed by atoms with Crippen molar-refractivity contribution in [3.05, 3.63) is 60.5 Å². The van der Waals surface area contributed by atoms with Crippen LogP contribution in [0, 0.1) is 5.82 Å². The standard InChI is InChI=1S/C20H18FN3O2S/c1-13(26-17-4-2-3-15(21)11-17)19(25)22-16-7-5-14(6-8-16)18-12-24-9-10-27-20(24)23-18/h2-8,11-13H,9-10H2,1H3,(H,22,25). The molecule has 1 aliphatic rings. The van der Waals surface area contributed by atoms with Gasteiger partial charge in [0.25, 0.3) is 5.91 Å². The lowest BCUT2D eigenvalue weighted by Gasteiger charge is -2.15. The van der Waals surface area contributed by atoms with Crippen LogP contribution in [0.1, 0.15) is 6.92 Å². The van der Waals surface area contributed by atoms with Crippen LogP contribution < -0.4 is 10.1 Å². The maximum atomic E-state index is 13.2. The van der Waals surface area contributed by atoms with Gasteiger partial charge in [0.15, 0.2) is 11.3 Å². The number of ether oxygens (including phenoxy) is 1. The van der Waals surface area contributed by atoms with Gasteiger partial charge >= 0.3 is 0 Å². The Morgan fingerprint density at radius 1 is 1.30 bits per heavy atom. The number of fused-ring (bicyclic) bond motifs is 1. The smallest absolute Gasteiger partial charge is 0.265 e. The molecule has 1 amide bonds. The number of aryl methyl sites for hydroxylation is 1. The second-order valence-electron chi connectivity index (χ2n) is 6.23. The minimum absolute atomic E-state index is 0.302. The largest absolute Gasteiger partial charge is 0.481 e. The fourth-order valence-corrected chi connectivity index (χ4v) is 3.76. The zero-order chi connectivity index (χ0) is 18.8. The molecule has 27 heavy (non-hydrogen) atoms. The summed E-state index contributed by atoms with van der Waals surface area (Å²) in [5.74, 6) is 0.686. The molecular weight excluding hydrogens is 365 g/mol. The second-order valence-corrected chi connectivity index (χ2v) is 7.30. The number of benzene rings is 2. The van der Waals surface area contributed by atoms with Gasteiger partial charge in [-0.05, 0) is 31.2 Å². The first-order valence-electron chi connectivity index (χ1n) is 8.62. The predicted octanol–water partition coefficient (Wildman–Crippen LogP) is 4.20. The van der Waals surface area contributed by atoms with E-state index >= 15 is 0 Å². The molecule has 0 saturated heterocycles. The first-order chi connectivity index (χ1) is 13.1. The molecule has 0 aliphatic carbocycles. The highest BCUT2D eigenvalue weighted by atomic mass is 32.2. The van der Waals surface area contributed by atoms with E-state index < -0.39 is 11.9 Å². The first-order valence-corrected chi connectivity index (χ1v) is 9.60. The van der Waals surface area contributed by atoms with Crippen LogP contribution in [0.2, 0.25) is 0 Å². The van der Waals surface area contributed by atoms with Crippen LogP contribution >= 0.6 is 11.8 Å². The number of thioether (sulfide) groups is 1. The predicted molar refractivity (Wildman–Crippen MR) is 104 cm³/mol. The molecule has 1 aromatic heterocycles. The highest BCUT2D eigenvalue weighted by molar-refractivity contribution is 7.99. The van der Waals surface area contributed by atoms with Crippen molar-refractivity contribution in [3.63, 3.8) is 0 Å². The van der Waals surface area contributed by atoms with Gasteiger partial charge in [-0.3, -0.25) is 4.79 Å². The summed E-state index contributed by atoms with van der Waals surface area (Å²) < 4.78 is 20.9. The van der Waals surface area contributed by atoms with Gasteiger partial charge in [0.2, 0.25) is 0 Å². The number of nitrogens with zero attached hydrogens (tertiary/aromatic N) is 2. The molecule has 0 spiro atoms. The number of carbonyl (C=O) groups excluding carboxylic acids is 1. The molecule has 1 unspecified atom stereocenters. The van der Waals surface area contributed by atoms with Crippen LogP contribution in [0.5, 0.6) is 5.75 Å². The van der Waals surface area contributed by atoms with Gasteiger partial charge in [-0.2, -0.15) is 0 Å². The Morgan fingerprint density at radius 3 is 2.85 bits per heavy atom. The van der Waals surface area contributed by atoms with Gasteiger partial charge in [0.1, 0.15) is 11.6 Å². The van der Waals surface area contributed by atoms with E-state index in [0.29, 0.717) is 11.4 Å². The number of anilines is 1. The van der Waals surface area contributed by atoms with Crippen LogP contribution in [-0.2, 0) is 11.3 Å². The molecule has 0 fully saturated rings. The van der Waals surface area contributed by atoms with Crippen LogP contribution in [0.25, 0.3) is 11.3 Å². The van der Waals surface area contributed by atoms with E-state index in [0.717, 1.165) is 28.7 Å². The number of carbonyl (C=O) groups is 1. The van der Waals surface area contributed by atoms with Crippen molar-refractivity contribution < 1.29 is 13.9 Å². The number of aromatic nitrogens is 2. The Morgan fingerprint density at radius 2 is 2.11 bits per heavy atom. The van der Waals surface area contributed by atoms with Crippen molar-refractivity contribution in [1.82, 2.24) is 9.55 Å². The lowest BCUT2D eigenvalue weighted by Crippen LogP contribution is -2.30. The second kappa shape index (κ2) is 7.44. The van der Waals surface area contributed by atoms with Crippen molar-refractivity contribution in [2.45, 2.75) is 24.7 Å². The van der Waals surface area contributed by atoms with Crippen LogP contribution in [-0.4, -0.2) is 27.3 Å². The summed E-state index contributed by atoms with van der Waals surface area (Å²) in [4.78, 5) is 16.9. The Labute approximate surface area is 160 Å². The molecule has 0 saturated carbocycles. The highest BCUT2D eigenvalue weighted by Crippen LogP contribution is 2.29. The number of nitrogens with one attached hydrogen (secondary N) is 1. The quantitative estimate of drug-likeness (QED) is 0.717. The SMILES string of the molecule is CC(Oc1cccc(F)c1)C(=O)Nc1ccc(-c2cn3c(n2)SCC3)cc1. The third-order valence-corrected chi connectivity index (χ3v) is 5.20. The third-order valence-electron chi connectivity index (χ3n) is 4.23. The molecule has 7 heteroatoms. The van der Waals surface area contributed by atoms with E-state index in [1.54, 1.807) is 24.8 Å². The summed E-state index contributed by atoms with van der Waals surface area (Å²) in [6, 6.07) is 13.2. The molecule has 3 aromatic rings. The Kier molecular flexibility index (Phi) is 4.85. The van der Waals surface area contributed by atoms with E-state index in [2.05, 4.69) is 21.1 Å². The minimum atomic E-state index is -0.750. The Bertz CT molecular complexity index is 950. The summed E-state index contributed by atoms with van der Waals surface area (Å²) in [6.07, 6.45) is 1.30. The first kappa shape index (κ1) is 17.6. The zero-order valence-electron chi connectivity index (χ0n) is 14.7. The molecule has 2 aromatic carbocycles. The van der Waals surface area contributed by atoms with Gasteiger partial charge in [-0.25, -0.2) is 9.37 Å². The molecule has 5 nitrogen and oxygen atoms in total. The number of halogens is 1. The average molecular weight is 383 g/mol. The molecule has 138 valence electrons. The zero-order valence-corrected chi connectivity index (χ0v) is 15.5. The lowest BCUT2D eigenvalue weighted by molar-refractivity contribution is -0.122. The number of rotatable bonds is 5. The van der Waals surface area contributed by atoms with Crippen molar-refractivity contribution in [3.8, 4) is 17.0 Å². The number of amides is 1. The summed E-state index contributed by atoms with van der Waals surface area (Å²) in [5.41, 5.74) is 2.59. The van der Waals surface area contributed by atoms with Gasteiger partial charge < -0.3 is 14.6 Å². The van der Waals surface area contributed by atoms with E-state index in [1.807, 2.05) is 24.3 Å². The van der Waals surface area contributed by atoms with Crippen LogP contribution in [0.4, 0.5) is 10.1 Å². The van der Waals surface area contributed by atoms with Gasteiger partial charge in [-0.1, -0.05) is 30.0 Å². The molecule has 0 bridgehead atoms. The minimum Gasteiger partial charge on any atom is -0.481 e. The van der Waals surface area contributed by atoms with Gasteiger partial charge in [-0.15, -0.1) is 0 Å². The van der Waals surface area contributed by atoms with Gasteiger partial charge in [0, 0.05) is 35.8 Å². The van der Waals surface area contributed by atoms with E-state index in [-0.39, 0.29) is 5.91 Å². The summed E-state index contributed by atoms with van der Waals surface area (Å²) in [6.45, 7) is 2.61. The fraction of sp³-hybridized carbons (Fsp3) is 0.200. The third kappa shape index (κ3) is 3.98. The molecule has 4 rings (SSSR count). The maximum absolute atomic E-state index is 13.2. The lowest BCUT2D eigenvalue weighted by atomic mass is 10.1. The Balaban J connectivity index is 1.39. The molecule has 2 heterocycles. The van der Waals surface area contributed by atoms with Gasteiger partial charge in [0.05, 0.1) is 5.69 Å². The van der Waals surface area contributed by atoms with E-state index in [9.17, 15) is 9.18 Å². The van der Waals surface area contributed by atoms with Crippen molar-refractivity contribution in [1.29, 1.82) is 0 Å². The monoisotopic (exact) mass is 383 g/mol. The summed E-state index contributed by atoms with van der Waals surface area (Å²) in [7, 11) is 0. The molecule has 1 N–H and O–H groups in total. The Hall–Kier alpha value is -2.80. The highest BCUT2D eigenvalue weighted by Gasteiger charge is 2.17. The van der Waals surface area contributed by atoms with E-state index in [1.165, 1.54) is 18.2 Å². The summed E-state index contributed by atoms with van der Waals surface area (Å²) >= 11 is 1.76. The van der Waals surface area contributed by atoms with Crippen molar-refractivity contribution in [2.24, 2.45) is 0 Å². The van der Waals surface area contributed by atoms with Crippen molar-refractivity contribution >= 4 is 23.4 Å². The van der Waals surface area contributed by atoms with Crippen molar-refractivity contribution in [2.75, 3.05) is 11.1 Å². The number of hydrogen-bond acceptors (Lipinski definition) is 4. The molecule has 1 atom stereocenters. The van der Waals surface area contributed by atoms with Crippen LogP contribution in [0.3, 0.4) is 0 Å². The topological polar surface area (TPSA) is 56.1 Å². The number of imidazole rings is 1. The van der Waals surface area contributed by atoms with Crippen LogP contribution in [0.15, 0.2) is 59.9 Å². The average Bonchev–Trinajstić information content (AvgIpc) is 3.24. The fourth-order valence-electron chi connectivity index (χ4n) is 2.81. The molecule has 1 aliphatic heterocycles. The van der Waals surface area contributed by atoms with E-state index in [4.69, 9.17) is 4.74 Å². The molecule has 0 radical (unpaired) electrons. The maximum Gasteiger partial charge on any atom is 0.265 e. The molecular formula is C20H18FN3O2S. The normalized spacial score (nSPS) is 13.9. The number of hydrogen-bond donors (Lipinski definition) is 1.